The number of hydrogen-bond acceptors (Lipinski definition) is 2. The monoisotopic (exact) mass is 473 g/mol. The van der Waals surface area contributed by atoms with Gasteiger partial charge in [0.15, 0.2) is 0 Å². The number of aromatic nitrogens is 1. The summed E-state index contributed by atoms with van der Waals surface area (Å²) in [5, 5.41) is 6.82. The fourth-order valence-electron chi connectivity index (χ4n) is 5.23. The van der Waals surface area contributed by atoms with Crippen LogP contribution in [0.1, 0.15) is 0 Å². The number of rotatable bonds is 4. The van der Waals surface area contributed by atoms with Gasteiger partial charge in [0, 0.05) is 28.6 Å². The number of nitrogens with zero attached hydrogens (tertiary/aromatic N) is 1. The molecule has 0 unspecified atom stereocenters. The van der Waals surface area contributed by atoms with E-state index in [2.05, 4.69) is 120 Å². The van der Waals surface area contributed by atoms with Crippen LogP contribution in [0.5, 0.6) is 11.5 Å². The summed E-state index contributed by atoms with van der Waals surface area (Å²) < 4.78 is 6.72. The van der Waals surface area contributed by atoms with E-state index in [-0.39, 0.29) is 0 Å². The third-order valence-electron chi connectivity index (χ3n) is 6.98. The first kappa shape index (κ1) is 21.3. The molecule has 0 aliphatic rings. The van der Waals surface area contributed by atoms with Crippen LogP contribution in [-0.2, 0) is 0 Å². The minimum atomic E-state index is 0.807. The van der Waals surface area contributed by atoms with E-state index in [1.165, 1.54) is 27.5 Å². The molecule has 0 N–H and O–H groups in total. The molecule has 0 amide bonds. The molecular weight excluding hydrogens is 450 g/mol. The standard InChI is InChI=1S/C35H23NO/c1-2-10-25(11-3-1)34-30-15-6-7-16-31(30)35(32-19-20-36-23-33(32)34)37-29-14-8-13-27(22-29)28-18-17-24-9-4-5-12-26(24)21-28/h1-23H. The summed E-state index contributed by atoms with van der Waals surface area (Å²) in [7, 11) is 0. The zero-order valence-corrected chi connectivity index (χ0v) is 20.1. The van der Waals surface area contributed by atoms with Crippen LogP contribution in [0.15, 0.2) is 140 Å². The summed E-state index contributed by atoms with van der Waals surface area (Å²) in [4.78, 5) is 4.48. The number of ether oxygens (including phenoxy) is 1. The topological polar surface area (TPSA) is 22.1 Å². The van der Waals surface area contributed by atoms with Crippen molar-refractivity contribution in [3.05, 3.63) is 140 Å². The van der Waals surface area contributed by atoms with E-state index in [0.717, 1.165) is 38.6 Å². The normalized spacial score (nSPS) is 11.2. The van der Waals surface area contributed by atoms with Crippen LogP contribution in [0.3, 0.4) is 0 Å². The van der Waals surface area contributed by atoms with Crippen molar-refractivity contribution in [2.24, 2.45) is 0 Å². The highest BCUT2D eigenvalue weighted by Gasteiger charge is 2.17. The van der Waals surface area contributed by atoms with Crippen LogP contribution in [0, 0.1) is 0 Å². The highest BCUT2D eigenvalue weighted by atomic mass is 16.5. The van der Waals surface area contributed by atoms with Gasteiger partial charge in [-0.15, -0.1) is 0 Å². The van der Waals surface area contributed by atoms with E-state index >= 15 is 0 Å². The average molecular weight is 474 g/mol. The number of fused-ring (bicyclic) bond motifs is 3. The van der Waals surface area contributed by atoms with E-state index in [1.807, 2.05) is 24.5 Å². The van der Waals surface area contributed by atoms with E-state index in [1.54, 1.807) is 0 Å². The first-order valence-corrected chi connectivity index (χ1v) is 12.5. The summed E-state index contributed by atoms with van der Waals surface area (Å²) in [6.07, 6.45) is 3.78. The zero-order chi connectivity index (χ0) is 24.6. The van der Waals surface area contributed by atoms with Gasteiger partial charge in [0.2, 0.25) is 0 Å². The highest BCUT2D eigenvalue weighted by Crippen LogP contribution is 2.44. The van der Waals surface area contributed by atoms with Crippen molar-refractivity contribution in [3.63, 3.8) is 0 Å². The first-order chi connectivity index (χ1) is 18.3. The molecule has 0 fully saturated rings. The summed E-state index contributed by atoms with van der Waals surface area (Å²) in [6, 6.07) is 44.4. The van der Waals surface area contributed by atoms with Crippen LogP contribution >= 0.6 is 0 Å². The molecule has 0 aliphatic carbocycles. The number of hydrogen-bond donors (Lipinski definition) is 0. The van der Waals surface area contributed by atoms with Crippen LogP contribution in [0.25, 0.3) is 54.6 Å². The average Bonchev–Trinajstić information content (AvgIpc) is 2.97. The Labute approximate surface area is 215 Å². The Morgan fingerprint density at radius 1 is 0.459 bits per heavy atom. The lowest BCUT2D eigenvalue weighted by molar-refractivity contribution is 0.494. The number of benzene rings is 6. The summed E-state index contributed by atoms with van der Waals surface area (Å²) in [5.74, 6) is 1.66. The van der Waals surface area contributed by atoms with E-state index in [4.69, 9.17) is 4.74 Å². The zero-order valence-electron chi connectivity index (χ0n) is 20.1. The molecule has 174 valence electrons. The van der Waals surface area contributed by atoms with Gasteiger partial charge in [-0.05, 0) is 62.7 Å². The van der Waals surface area contributed by atoms with E-state index in [9.17, 15) is 0 Å². The molecule has 0 spiro atoms. The first-order valence-electron chi connectivity index (χ1n) is 12.5. The summed E-state index contributed by atoms with van der Waals surface area (Å²) >= 11 is 0. The van der Waals surface area contributed by atoms with Crippen molar-refractivity contribution < 1.29 is 4.74 Å². The third-order valence-corrected chi connectivity index (χ3v) is 6.98. The Morgan fingerprint density at radius 2 is 1.16 bits per heavy atom. The summed E-state index contributed by atoms with van der Waals surface area (Å²) in [5.41, 5.74) is 4.64. The van der Waals surface area contributed by atoms with Crippen molar-refractivity contribution in [3.8, 4) is 33.8 Å². The minimum Gasteiger partial charge on any atom is -0.456 e. The molecule has 2 heteroatoms. The van der Waals surface area contributed by atoms with E-state index in [0.29, 0.717) is 0 Å². The van der Waals surface area contributed by atoms with Crippen molar-refractivity contribution in [1.82, 2.24) is 4.98 Å². The van der Waals surface area contributed by atoms with Crippen molar-refractivity contribution in [1.29, 1.82) is 0 Å². The van der Waals surface area contributed by atoms with Crippen LogP contribution in [0.4, 0.5) is 0 Å². The molecule has 1 heterocycles. The maximum Gasteiger partial charge on any atom is 0.143 e. The molecule has 37 heavy (non-hydrogen) atoms. The maximum absolute atomic E-state index is 6.72. The molecule has 1 aromatic heterocycles. The molecule has 0 bridgehead atoms. The summed E-state index contributed by atoms with van der Waals surface area (Å²) in [6.45, 7) is 0. The molecule has 0 atom stereocenters. The predicted molar refractivity (Wildman–Crippen MR) is 154 cm³/mol. The Balaban J connectivity index is 1.39. The Morgan fingerprint density at radius 3 is 2.05 bits per heavy atom. The van der Waals surface area contributed by atoms with Gasteiger partial charge in [-0.3, -0.25) is 4.98 Å². The van der Waals surface area contributed by atoms with Gasteiger partial charge >= 0.3 is 0 Å². The maximum atomic E-state index is 6.72. The van der Waals surface area contributed by atoms with Crippen molar-refractivity contribution in [2.75, 3.05) is 0 Å². The molecule has 6 aromatic carbocycles. The van der Waals surface area contributed by atoms with Gasteiger partial charge in [-0.1, -0.05) is 103 Å². The second-order valence-corrected chi connectivity index (χ2v) is 9.23. The van der Waals surface area contributed by atoms with Gasteiger partial charge < -0.3 is 4.74 Å². The lowest BCUT2D eigenvalue weighted by Crippen LogP contribution is -1.93. The van der Waals surface area contributed by atoms with Crippen molar-refractivity contribution in [2.45, 2.75) is 0 Å². The fraction of sp³-hybridized carbons (Fsp3) is 0. The second-order valence-electron chi connectivity index (χ2n) is 9.23. The van der Waals surface area contributed by atoms with E-state index < -0.39 is 0 Å². The van der Waals surface area contributed by atoms with Gasteiger partial charge in [-0.2, -0.15) is 0 Å². The Hall–Kier alpha value is -4.95. The molecular formula is C35H23NO. The predicted octanol–water partition coefficient (Wildman–Crippen LogP) is 9.67. The second kappa shape index (κ2) is 8.92. The molecule has 0 saturated heterocycles. The van der Waals surface area contributed by atoms with Crippen LogP contribution < -0.4 is 4.74 Å². The quantitative estimate of drug-likeness (QED) is 0.237. The fourth-order valence-corrected chi connectivity index (χ4v) is 5.23. The van der Waals surface area contributed by atoms with Crippen molar-refractivity contribution >= 4 is 32.3 Å². The third kappa shape index (κ3) is 3.80. The smallest absolute Gasteiger partial charge is 0.143 e. The van der Waals surface area contributed by atoms with Gasteiger partial charge in [0.25, 0.3) is 0 Å². The number of pyridine rings is 1. The molecule has 7 rings (SSSR count). The largest absolute Gasteiger partial charge is 0.456 e. The minimum absolute atomic E-state index is 0.807. The molecule has 0 radical (unpaired) electrons. The highest BCUT2D eigenvalue weighted by molar-refractivity contribution is 6.16. The van der Waals surface area contributed by atoms with Crippen LogP contribution in [0.2, 0.25) is 0 Å². The van der Waals surface area contributed by atoms with Gasteiger partial charge in [-0.25, -0.2) is 0 Å². The SMILES string of the molecule is c1ccc(-c2c3ccccc3c(Oc3cccc(-c4ccc5ccccc5c4)c3)c3ccncc23)cc1. The molecule has 2 nitrogen and oxygen atoms in total. The molecule has 0 saturated carbocycles. The van der Waals surface area contributed by atoms with Crippen LogP contribution in [-0.4, -0.2) is 4.98 Å². The van der Waals surface area contributed by atoms with Gasteiger partial charge in [0.05, 0.1) is 0 Å². The van der Waals surface area contributed by atoms with Gasteiger partial charge in [0.1, 0.15) is 11.5 Å². The lowest BCUT2D eigenvalue weighted by atomic mass is 9.92. The Bertz CT molecular complexity index is 1850. The lowest BCUT2D eigenvalue weighted by Gasteiger charge is -2.17. The molecule has 0 aliphatic heterocycles. The molecule has 7 aromatic rings. The Kier molecular flexibility index (Phi) is 5.15.